The Balaban J connectivity index is 2.37. The van der Waals surface area contributed by atoms with Crippen LogP contribution in [-0.2, 0) is 0 Å². The average molecular weight is 186 g/mol. The zero-order chi connectivity index (χ0) is 9.97. The summed E-state index contributed by atoms with van der Waals surface area (Å²) in [4.78, 5) is 4.42. The van der Waals surface area contributed by atoms with E-state index in [1.54, 1.807) is 0 Å². The lowest BCUT2D eigenvalue weighted by atomic mass is 9.99. The Hall–Kier alpha value is -1.57. The molecule has 14 heavy (non-hydrogen) atoms. The quantitative estimate of drug-likeness (QED) is 0.729. The number of allylic oxidation sites excluding steroid dienone is 2. The predicted octanol–water partition coefficient (Wildman–Crippen LogP) is 2.49. The fourth-order valence-electron chi connectivity index (χ4n) is 1.67. The summed E-state index contributed by atoms with van der Waals surface area (Å²) in [6.07, 6.45) is 7.95. The maximum Gasteiger partial charge on any atom is 0.0898 e. The van der Waals surface area contributed by atoms with Gasteiger partial charge in [0.2, 0.25) is 0 Å². The second kappa shape index (κ2) is 3.66. The minimum Gasteiger partial charge on any atom is -0.379 e. The van der Waals surface area contributed by atoms with Crippen molar-refractivity contribution in [3.05, 3.63) is 53.5 Å². The molecule has 1 aliphatic heterocycles. The minimum atomic E-state index is 0.237. The first-order valence-corrected chi connectivity index (χ1v) is 4.80. The summed E-state index contributed by atoms with van der Waals surface area (Å²) < 4.78 is 0. The van der Waals surface area contributed by atoms with E-state index in [0.717, 1.165) is 5.69 Å². The van der Waals surface area contributed by atoms with Crippen LogP contribution >= 0.6 is 0 Å². The Morgan fingerprint density at radius 3 is 2.93 bits per heavy atom. The predicted molar refractivity (Wildman–Crippen MR) is 57.7 cm³/mol. The number of hydrogen-bond acceptors (Lipinski definition) is 2. The molecule has 1 aliphatic rings. The van der Waals surface area contributed by atoms with E-state index in [0.29, 0.717) is 0 Å². The van der Waals surface area contributed by atoms with Crippen molar-refractivity contribution >= 4 is 0 Å². The van der Waals surface area contributed by atoms with Crippen molar-refractivity contribution in [2.75, 3.05) is 0 Å². The lowest BCUT2D eigenvalue weighted by Crippen LogP contribution is -2.20. The third kappa shape index (κ3) is 1.55. The van der Waals surface area contributed by atoms with Crippen LogP contribution in [0.3, 0.4) is 0 Å². The number of nitrogens with zero attached hydrogens (tertiary/aromatic N) is 1. The van der Waals surface area contributed by atoms with Crippen LogP contribution in [0.15, 0.2) is 42.3 Å². The molecule has 1 N–H and O–H groups in total. The summed E-state index contributed by atoms with van der Waals surface area (Å²) in [5, 5.41) is 3.31. The molecule has 0 bridgehead atoms. The summed E-state index contributed by atoms with van der Waals surface area (Å²) in [6.45, 7) is 4.21. The lowest BCUT2D eigenvalue weighted by Gasteiger charge is -2.21. The van der Waals surface area contributed by atoms with Crippen LogP contribution in [0.25, 0.3) is 0 Å². The molecule has 0 saturated carbocycles. The molecule has 0 saturated heterocycles. The van der Waals surface area contributed by atoms with E-state index in [9.17, 15) is 0 Å². The highest BCUT2D eigenvalue weighted by molar-refractivity contribution is 5.32. The number of dihydropyridines is 1. The van der Waals surface area contributed by atoms with Crippen molar-refractivity contribution < 1.29 is 0 Å². The van der Waals surface area contributed by atoms with Crippen LogP contribution < -0.4 is 5.32 Å². The first-order valence-electron chi connectivity index (χ1n) is 4.80. The SMILES string of the molecule is CC1=CC=CNC1c1ncccc1C. The first kappa shape index (κ1) is 9.00. The van der Waals surface area contributed by atoms with E-state index >= 15 is 0 Å². The third-order valence-corrected chi connectivity index (χ3v) is 2.50. The lowest BCUT2D eigenvalue weighted by molar-refractivity contribution is 0.675. The topological polar surface area (TPSA) is 24.9 Å². The molecule has 2 nitrogen and oxygen atoms in total. The normalized spacial score (nSPS) is 20.1. The van der Waals surface area contributed by atoms with Crippen LogP contribution in [0.5, 0.6) is 0 Å². The van der Waals surface area contributed by atoms with Crippen LogP contribution in [0.1, 0.15) is 24.2 Å². The van der Waals surface area contributed by atoms with Gasteiger partial charge in [-0.05, 0) is 43.3 Å². The Bertz CT molecular complexity index is 391. The summed E-state index contributed by atoms with van der Waals surface area (Å²) in [5.41, 5.74) is 3.65. The highest BCUT2D eigenvalue weighted by Gasteiger charge is 2.16. The average Bonchev–Trinajstić information content (AvgIpc) is 2.20. The molecule has 1 unspecified atom stereocenters. The minimum absolute atomic E-state index is 0.237. The molecule has 2 heteroatoms. The number of pyridine rings is 1. The molecule has 2 heterocycles. The van der Waals surface area contributed by atoms with Crippen LogP contribution in [-0.4, -0.2) is 4.98 Å². The Morgan fingerprint density at radius 2 is 2.21 bits per heavy atom. The van der Waals surface area contributed by atoms with Gasteiger partial charge in [0, 0.05) is 6.20 Å². The van der Waals surface area contributed by atoms with Gasteiger partial charge in [-0.2, -0.15) is 0 Å². The monoisotopic (exact) mass is 186 g/mol. The molecule has 0 radical (unpaired) electrons. The van der Waals surface area contributed by atoms with Crippen molar-refractivity contribution in [2.24, 2.45) is 0 Å². The summed E-state index contributed by atoms with van der Waals surface area (Å²) in [5.74, 6) is 0. The second-order valence-electron chi connectivity index (χ2n) is 3.58. The Labute approximate surface area is 84.4 Å². The highest BCUT2D eigenvalue weighted by Crippen LogP contribution is 2.23. The van der Waals surface area contributed by atoms with Crippen LogP contribution in [0.2, 0.25) is 0 Å². The molecule has 0 fully saturated rings. The zero-order valence-electron chi connectivity index (χ0n) is 8.49. The Morgan fingerprint density at radius 1 is 1.36 bits per heavy atom. The van der Waals surface area contributed by atoms with Gasteiger partial charge in [-0.3, -0.25) is 4.98 Å². The largest absolute Gasteiger partial charge is 0.379 e. The summed E-state index contributed by atoms with van der Waals surface area (Å²) in [6, 6.07) is 4.30. The molecule has 0 aliphatic carbocycles. The maximum atomic E-state index is 4.42. The van der Waals surface area contributed by atoms with Gasteiger partial charge in [0.25, 0.3) is 0 Å². The van der Waals surface area contributed by atoms with Gasteiger partial charge in [0.15, 0.2) is 0 Å². The van der Waals surface area contributed by atoms with Gasteiger partial charge in [-0.15, -0.1) is 0 Å². The second-order valence-corrected chi connectivity index (χ2v) is 3.58. The molecule has 0 aromatic carbocycles. The molecule has 2 rings (SSSR count). The van der Waals surface area contributed by atoms with Gasteiger partial charge < -0.3 is 5.32 Å². The van der Waals surface area contributed by atoms with Gasteiger partial charge in [0.1, 0.15) is 0 Å². The fourth-order valence-corrected chi connectivity index (χ4v) is 1.67. The Kier molecular flexibility index (Phi) is 2.35. The smallest absolute Gasteiger partial charge is 0.0898 e. The summed E-state index contributed by atoms with van der Waals surface area (Å²) in [7, 11) is 0. The van der Waals surface area contributed by atoms with Crippen molar-refractivity contribution in [1.29, 1.82) is 0 Å². The molecular weight excluding hydrogens is 172 g/mol. The van der Waals surface area contributed by atoms with Crippen LogP contribution in [0.4, 0.5) is 0 Å². The molecule has 1 atom stereocenters. The van der Waals surface area contributed by atoms with Gasteiger partial charge in [-0.25, -0.2) is 0 Å². The third-order valence-electron chi connectivity index (χ3n) is 2.50. The van der Waals surface area contributed by atoms with Crippen molar-refractivity contribution in [1.82, 2.24) is 10.3 Å². The molecule has 72 valence electrons. The van der Waals surface area contributed by atoms with Gasteiger partial charge >= 0.3 is 0 Å². The van der Waals surface area contributed by atoms with E-state index in [1.165, 1.54) is 11.1 Å². The van der Waals surface area contributed by atoms with Gasteiger partial charge in [-0.1, -0.05) is 12.1 Å². The molecule has 0 amide bonds. The van der Waals surface area contributed by atoms with Crippen molar-refractivity contribution in [3.63, 3.8) is 0 Å². The highest BCUT2D eigenvalue weighted by atomic mass is 14.9. The number of aromatic nitrogens is 1. The molecule has 1 aromatic heterocycles. The van der Waals surface area contributed by atoms with E-state index in [4.69, 9.17) is 0 Å². The number of hydrogen-bond donors (Lipinski definition) is 1. The molecular formula is C12H14N2. The standard InChI is InChI=1S/C12H14N2/c1-9-5-3-7-13-11(9)12-10(2)6-4-8-14-12/h3-8,11,13H,1-2H3. The van der Waals surface area contributed by atoms with E-state index in [1.807, 2.05) is 24.5 Å². The number of nitrogens with one attached hydrogen (secondary N) is 1. The van der Waals surface area contributed by atoms with Crippen molar-refractivity contribution in [2.45, 2.75) is 19.9 Å². The number of aryl methyl sites for hydroxylation is 1. The van der Waals surface area contributed by atoms with Crippen molar-refractivity contribution in [3.8, 4) is 0 Å². The maximum absolute atomic E-state index is 4.42. The fraction of sp³-hybridized carbons (Fsp3) is 0.250. The first-order chi connectivity index (χ1) is 6.79. The van der Waals surface area contributed by atoms with E-state index < -0.39 is 0 Å². The molecule has 0 spiro atoms. The van der Waals surface area contributed by atoms with Crippen LogP contribution in [0, 0.1) is 6.92 Å². The van der Waals surface area contributed by atoms with Gasteiger partial charge in [0.05, 0.1) is 11.7 Å². The number of rotatable bonds is 1. The molecule has 1 aromatic rings. The summed E-state index contributed by atoms with van der Waals surface area (Å²) >= 11 is 0. The van der Waals surface area contributed by atoms with E-state index in [2.05, 4.69) is 36.3 Å². The zero-order valence-corrected chi connectivity index (χ0v) is 8.49. The van der Waals surface area contributed by atoms with E-state index in [-0.39, 0.29) is 6.04 Å².